The van der Waals surface area contributed by atoms with Crippen LogP contribution in [0.1, 0.15) is 67.7 Å². The van der Waals surface area contributed by atoms with Gasteiger partial charge < -0.3 is 11.1 Å². The highest BCUT2D eigenvalue weighted by molar-refractivity contribution is 7.77. The van der Waals surface area contributed by atoms with E-state index in [9.17, 15) is 0 Å². The van der Waals surface area contributed by atoms with E-state index in [2.05, 4.69) is 81.8 Å². The van der Waals surface area contributed by atoms with Gasteiger partial charge in [-0.15, -0.1) is 11.6 Å². The van der Waals surface area contributed by atoms with Gasteiger partial charge in [-0.25, -0.2) is 0 Å². The quantitative estimate of drug-likeness (QED) is 0.344. The zero-order chi connectivity index (χ0) is 19.8. The normalized spacial score (nSPS) is 13.8. The van der Waals surface area contributed by atoms with Crippen LogP contribution in [0.2, 0.25) is 0 Å². The molecule has 0 aromatic heterocycles. The average Bonchev–Trinajstić information content (AvgIpc) is 2.56. The Kier molecular flexibility index (Phi) is 19.4. The highest BCUT2D eigenvalue weighted by Crippen LogP contribution is 2.32. The van der Waals surface area contributed by atoms with Crippen LogP contribution in [0.3, 0.4) is 0 Å². The SMILES string of the molecule is C=S.CC.CC1=CCCC(C(C)(C)CNCCC(C)(C)N)=C1.CCl. The topological polar surface area (TPSA) is 38.0 Å². The third-order valence-corrected chi connectivity index (χ3v) is 3.66. The molecular formula is C20H41ClN2S. The lowest BCUT2D eigenvalue weighted by molar-refractivity contribution is 0.374. The fourth-order valence-electron chi connectivity index (χ4n) is 2.32. The minimum atomic E-state index is -0.0689. The molecule has 0 aromatic carbocycles. The maximum Gasteiger partial charge on any atom is 0.0109 e. The Morgan fingerprint density at radius 2 is 1.71 bits per heavy atom. The van der Waals surface area contributed by atoms with E-state index in [4.69, 9.17) is 5.73 Å². The first-order chi connectivity index (χ1) is 11.2. The summed E-state index contributed by atoms with van der Waals surface area (Å²) in [6.07, 6.45) is 9.56. The first kappa shape index (κ1) is 28.6. The second kappa shape index (κ2) is 16.3. The van der Waals surface area contributed by atoms with Crippen LogP contribution in [0.25, 0.3) is 0 Å². The van der Waals surface area contributed by atoms with Crippen molar-refractivity contribution in [2.24, 2.45) is 11.1 Å². The summed E-state index contributed by atoms with van der Waals surface area (Å²) < 4.78 is 0. The van der Waals surface area contributed by atoms with Gasteiger partial charge in [-0.05, 0) is 57.9 Å². The first-order valence-electron chi connectivity index (χ1n) is 8.75. The predicted molar refractivity (Wildman–Crippen MR) is 118 cm³/mol. The maximum atomic E-state index is 5.99. The minimum absolute atomic E-state index is 0.0689. The molecule has 0 heterocycles. The third kappa shape index (κ3) is 15.3. The number of nitrogens with two attached hydrogens (primary N) is 1. The second-order valence-electron chi connectivity index (χ2n) is 6.96. The lowest BCUT2D eigenvalue weighted by Crippen LogP contribution is -2.38. The fraction of sp³-hybridized carbons (Fsp3) is 0.750. The van der Waals surface area contributed by atoms with Crippen LogP contribution in [0, 0.1) is 5.41 Å². The molecule has 0 saturated heterocycles. The molecule has 144 valence electrons. The number of rotatable bonds is 6. The van der Waals surface area contributed by atoms with Crippen molar-refractivity contribution in [2.75, 3.05) is 19.5 Å². The van der Waals surface area contributed by atoms with Crippen molar-refractivity contribution in [3.63, 3.8) is 0 Å². The molecule has 0 bridgehead atoms. The number of thiocarbonyl (C=S) groups is 1. The number of nitrogens with one attached hydrogen (secondary N) is 1. The summed E-state index contributed by atoms with van der Waals surface area (Å²) in [5, 5.41) is 3.55. The molecule has 0 saturated carbocycles. The first-order valence-corrected chi connectivity index (χ1v) is 10.1. The van der Waals surface area contributed by atoms with Gasteiger partial charge in [-0.1, -0.05) is 63.2 Å². The Morgan fingerprint density at radius 3 is 2.12 bits per heavy atom. The van der Waals surface area contributed by atoms with Crippen LogP contribution in [0.5, 0.6) is 0 Å². The van der Waals surface area contributed by atoms with E-state index >= 15 is 0 Å². The van der Waals surface area contributed by atoms with Gasteiger partial charge in [0.15, 0.2) is 0 Å². The molecule has 0 unspecified atom stereocenters. The number of halogens is 1. The molecule has 4 heteroatoms. The Bertz CT molecular complexity index is 355. The third-order valence-electron chi connectivity index (χ3n) is 3.66. The van der Waals surface area contributed by atoms with Crippen molar-refractivity contribution in [3.8, 4) is 0 Å². The molecule has 1 aliphatic rings. The second-order valence-corrected chi connectivity index (χ2v) is 6.96. The van der Waals surface area contributed by atoms with Gasteiger partial charge in [0.25, 0.3) is 0 Å². The molecule has 0 spiro atoms. The van der Waals surface area contributed by atoms with Gasteiger partial charge in [0.1, 0.15) is 0 Å². The van der Waals surface area contributed by atoms with Gasteiger partial charge in [0, 0.05) is 18.5 Å². The standard InChI is InChI=1S/C16H30N2.C2H6.CH3Cl.CH2S/c1-13-7-6-8-14(11-13)15(2,3)12-18-10-9-16(4,5)17;3*1-2/h7,11,18H,6,8-10,12,17H2,1-5H3;1-2H3;1H3;1H2. The van der Waals surface area contributed by atoms with Crippen LogP contribution in [0.15, 0.2) is 23.3 Å². The maximum absolute atomic E-state index is 5.99. The molecule has 3 N–H and O–H groups in total. The average molecular weight is 377 g/mol. The Hall–Kier alpha value is -0.220. The lowest BCUT2D eigenvalue weighted by atomic mass is 9.79. The van der Waals surface area contributed by atoms with Crippen LogP contribution in [-0.2, 0) is 0 Å². The monoisotopic (exact) mass is 376 g/mol. The predicted octanol–water partition coefficient (Wildman–Crippen LogP) is 5.89. The molecule has 0 fully saturated rings. The smallest absolute Gasteiger partial charge is 0.0109 e. The summed E-state index contributed by atoms with van der Waals surface area (Å²) in [6, 6.07) is 0. The van der Waals surface area contributed by atoms with Crippen molar-refractivity contribution in [2.45, 2.75) is 73.3 Å². The highest BCUT2D eigenvalue weighted by atomic mass is 35.5. The van der Waals surface area contributed by atoms with Gasteiger partial charge in [0.05, 0.1) is 0 Å². The van der Waals surface area contributed by atoms with E-state index in [0.717, 1.165) is 19.5 Å². The Morgan fingerprint density at radius 1 is 1.21 bits per heavy atom. The van der Waals surface area contributed by atoms with E-state index in [1.54, 1.807) is 5.57 Å². The molecular weight excluding hydrogens is 336 g/mol. The molecule has 2 nitrogen and oxygen atoms in total. The molecule has 0 radical (unpaired) electrons. The summed E-state index contributed by atoms with van der Waals surface area (Å²) in [6.45, 7) is 17.0. The van der Waals surface area contributed by atoms with Gasteiger partial charge in [-0.2, -0.15) is 0 Å². The largest absolute Gasteiger partial charge is 0.326 e. The van der Waals surface area contributed by atoms with E-state index in [1.165, 1.54) is 24.8 Å². The molecule has 24 heavy (non-hydrogen) atoms. The Labute approximate surface area is 162 Å². The van der Waals surface area contributed by atoms with Crippen molar-refractivity contribution >= 4 is 29.7 Å². The van der Waals surface area contributed by atoms with Gasteiger partial charge >= 0.3 is 0 Å². The summed E-state index contributed by atoms with van der Waals surface area (Å²) in [5.74, 6) is 2.83. The van der Waals surface area contributed by atoms with Crippen LogP contribution in [-0.4, -0.2) is 30.9 Å². The van der Waals surface area contributed by atoms with Crippen LogP contribution < -0.4 is 11.1 Å². The summed E-state index contributed by atoms with van der Waals surface area (Å²) in [7, 11) is 0. The van der Waals surface area contributed by atoms with Crippen molar-refractivity contribution < 1.29 is 0 Å². The summed E-state index contributed by atoms with van der Waals surface area (Å²) in [5.41, 5.74) is 9.14. The number of hydrogen-bond acceptors (Lipinski definition) is 3. The summed E-state index contributed by atoms with van der Waals surface area (Å²) in [4.78, 5) is 0. The molecule has 0 aliphatic heterocycles. The number of allylic oxidation sites excluding steroid dienone is 3. The van der Waals surface area contributed by atoms with Crippen molar-refractivity contribution in [1.82, 2.24) is 5.32 Å². The van der Waals surface area contributed by atoms with Crippen LogP contribution >= 0.6 is 23.8 Å². The lowest BCUT2D eigenvalue weighted by Gasteiger charge is -2.31. The molecule has 1 rings (SSSR count). The number of alkyl halides is 1. The van der Waals surface area contributed by atoms with Gasteiger partial charge in [0.2, 0.25) is 0 Å². The summed E-state index contributed by atoms with van der Waals surface area (Å²) >= 11 is 8.47. The Balaban J connectivity index is -0.000000659. The molecule has 0 atom stereocenters. The fourth-order valence-corrected chi connectivity index (χ4v) is 2.32. The zero-order valence-electron chi connectivity index (χ0n) is 17.3. The van der Waals surface area contributed by atoms with E-state index in [-0.39, 0.29) is 11.0 Å². The van der Waals surface area contributed by atoms with Crippen molar-refractivity contribution in [1.29, 1.82) is 0 Å². The zero-order valence-corrected chi connectivity index (χ0v) is 18.8. The highest BCUT2D eigenvalue weighted by Gasteiger charge is 2.23. The van der Waals surface area contributed by atoms with Crippen molar-refractivity contribution in [3.05, 3.63) is 23.3 Å². The van der Waals surface area contributed by atoms with E-state index < -0.39 is 0 Å². The van der Waals surface area contributed by atoms with Crippen LogP contribution in [0.4, 0.5) is 0 Å². The molecule has 0 amide bonds. The van der Waals surface area contributed by atoms with Gasteiger partial charge in [-0.3, -0.25) is 0 Å². The van der Waals surface area contributed by atoms with E-state index in [0.29, 0.717) is 0 Å². The minimum Gasteiger partial charge on any atom is -0.326 e. The molecule has 1 aliphatic carbocycles. The number of hydrogen-bond donors (Lipinski definition) is 2. The molecule has 0 aromatic rings. The van der Waals surface area contributed by atoms with E-state index in [1.807, 2.05) is 13.8 Å².